The van der Waals surface area contributed by atoms with Crippen LogP contribution in [0.4, 0.5) is 4.39 Å². The maximum atomic E-state index is 14.3. The highest BCUT2D eigenvalue weighted by molar-refractivity contribution is 7.89. The van der Waals surface area contributed by atoms with Gasteiger partial charge < -0.3 is 10.1 Å². The number of nitrogens with zero attached hydrogens (tertiary/aromatic N) is 1. The van der Waals surface area contributed by atoms with Crippen molar-refractivity contribution in [2.45, 2.75) is 17.9 Å². The fraction of sp³-hybridized carbons (Fsp3) is 0.316. The van der Waals surface area contributed by atoms with Crippen LogP contribution < -0.4 is 5.32 Å². The number of nitrogens with one attached hydrogen (secondary N) is 1. The monoisotopic (exact) mass is 460 g/mol. The van der Waals surface area contributed by atoms with Gasteiger partial charge in [-0.05, 0) is 42.8 Å². The molecular formula is C19H19Cl2FN2O4S. The van der Waals surface area contributed by atoms with Gasteiger partial charge in [0.15, 0.2) is 0 Å². The number of benzene rings is 2. The van der Waals surface area contributed by atoms with Crippen molar-refractivity contribution < 1.29 is 22.3 Å². The zero-order valence-corrected chi connectivity index (χ0v) is 17.8. The van der Waals surface area contributed by atoms with Gasteiger partial charge in [0.1, 0.15) is 5.82 Å². The Balaban J connectivity index is 1.83. The Bertz CT molecular complexity index is 1030. The molecule has 3 rings (SSSR count). The molecule has 0 bridgehead atoms. The van der Waals surface area contributed by atoms with Crippen LogP contribution in [-0.2, 0) is 14.8 Å². The minimum Gasteiger partial charge on any atom is -0.379 e. The molecule has 0 aliphatic carbocycles. The van der Waals surface area contributed by atoms with E-state index in [2.05, 4.69) is 5.32 Å². The molecule has 1 amide bonds. The Labute approximate surface area is 178 Å². The Kier molecular flexibility index (Phi) is 6.80. The lowest BCUT2D eigenvalue weighted by atomic mass is 10.1. The van der Waals surface area contributed by atoms with Gasteiger partial charge >= 0.3 is 0 Å². The van der Waals surface area contributed by atoms with Gasteiger partial charge in [0.2, 0.25) is 10.0 Å². The lowest BCUT2D eigenvalue weighted by Crippen LogP contribution is -2.40. The number of morpholine rings is 1. The molecule has 2 aromatic rings. The van der Waals surface area contributed by atoms with Crippen molar-refractivity contribution in [2.75, 3.05) is 26.3 Å². The highest BCUT2D eigenvalue weighted by Gasteiger charge is 2.28. The molecular weight excluding hydrogens is 442 g/mol. The average molecular weight is 461 g/mol. The largest absolute Gasteiger partial charge is 0.379 e. The van der Waals surface area contributed by atoms with E-state index in [1.165, 1.54) is 4.31 Å². The van der Waals surface area contributed by atoms with Crippen molar-refractivity contribution in [3.05, 3.63) is 63.4 Å². The summed E-state index contributed by atoms with van der Waals surface area (Å²) in [6.07, 6.45) is 0. The van der Waals surface area contributed by atoms with Gasteiger partial charge in [0, 0.05) is 13.1 Å². The second-order valence-electron chi connectivity index (χ2n) is 6.53. The third-order valence-corrected chi connectivity index (χ3v) is 7.22. The van der Waals surface area contributed by atoms with Crippen LogP contribution in [0.5, 0.6) is 0 Å². The van der Waals surface area contributed by atoms with E-state index in [1.54, 1.807) is 25.1 Å². The van der Waals surface area contributed by atoms with Gasteiger partial charge in [-0.15, -0.1) is 0 Å². The molecule has 0 radical (unpaired) electrons. The Morgan fingerprint density at radius 3 is 2.48 bits per heavy atom. The van der Waals surface area contributed by atoms with Gasteiger partial charge in [-0.25, -0.2) is 12.8 Å². The first-order valence-corrected chi connectivity index (χ1v) is 11.0. The first kappa shape index (κ1) is 22.0. The smallest absolute Gasteiger partial charge is 0.254 e. The van der Waals surface area contributed by atoms with Crippen molar-refractivity contribution in [2.24, 2.45) is 0 Å². The number of amides is 1. The summed E-state index contributed by atoms with van der Waals surface area (Å²) in [7, 11) is -3.85. The molecule has 1 heterocycles. The normalized spacial score (nSPS) is 16.4. The van der Waals surface area contributed by atoms with Crippen molar-refractivity contribution in [3.8, 4) is 0 Å². The lowest BCUT2D eigenvalue weighted by molar-refractivity contribution is 0.0730. The zero-order chi connectivity index (χ0) is 21.2. The molecule has 1 aliphatic heterocycles. The second-order valence-corrected chi connectivity index (χ2v) is 9.28. The number of halogens is 3. The first-order valence-electron chi connectivity index (χ1n) is 8.83. The first-order chi connectivity index (χ1) is 13.7. The SMILES string of the molecule is CC(NC(=O)c1cc(S(=O)(=O)N2CCOCC2)ccc1F)c1ccc(Cl)c(Cl)c1. The number of hydrogen-bond donors (Lipinski definition) is 1. The van der Waals surface area contributed by atoms with Gasteiger partial charge in [0.05, 0.1) is 39.8 Å². The van der Waals surface area contributed by atoms with Crippen LogP contribution in [0.15, 0.2) is 41.3 Å². The molecule has 1 N–H and O–H groups in total. The van der Waals surface area contributed by atoms with Crippen LogP contribution in [0.1, 0.15) is 28.9 Å². The van der Waals surface area contributed by atoms with Gasteiger partial charge in [-0.3, -0.25) is 4.79 Å². The van der Waals surface area contributed by atoms with E-state index in [-0.39, 0.29) is 36.8 Å². The van der Waals surface area contributed by atoms with E-state index in [0.717, 1.165) is 18.2 Å². The van der Waals surface area contributed by atoms with Crippen LogP contribution in [-0.4, -0.2) is 44.9 Å². The molecule has 10 heteroatoms. The summed E-state index contributed by atoms with van der Waals surface area (Å²) in [5.41, 5.74) is 0.316. The van der Waals surface area contributed by atoms with Crippen LogP contribution in [0.3, 0.4) is 0 Å². The fourth-order valence-electron chi connectivity index (χ4n) is 2.91. The highest BCUT2D eigenvalue weighted by atomic mass is 35.5. The molecule has 1 saturated heterocycles. The minimum atomic E-state index is -3.85. The van der Waals surface area contributed by atoms with Crippen molar-refractivity contribution in [1.29, 1.82) is 0 Å². The topological polar surface area (TPSA) is 75.7 Å². The molecule has 0 spiro atoms. The van der Waals surface area contributed by atoms with Gasteiger partial charge in [-0.1, -0.05) is 29.3 Å². The summed E-state index contributed by atoms with van der Waals surface area (Å²) in [6.45, 7) is 2.68. The van der Waals surface area contributed by atoms with Crippen molar-refractivity contribution >= 4 is 39.1 Å². The predicted molar refractivity (Wildman–Crippen MR) is 108 cm³/mol. The van der Waals surface area contributed by atoms with E-state index in [0.29, 0.717) is 15.6 Å². The molecule has 1 unspecified atom stereocenters. The summed E-state index contributed by atoms with van der Waals surface area (Å²) >= 11 is 11.9. The lowest BCUT2D eigenvalue weighted by Gasteiger charge is -2.26. The van der Waals surface area contributed by atoms with Crippen LogP contribution in [0, 0.1) is 5.82 Å². The summed E-state index contributed by atoms with van der Waals surface area (Å²) in [5, 5.41) is 3.35. The number of ether oxygens (including phenoxy) is 1. The van der Waals surface area contributed by atoms with E-state index in [4.69, 9.17) is 27.9 Å². The molecule has 0 aromatic heterocycles. The van der Waals surface area contributed by atoms with Gasteiger partial charge in [-0.2, -0.15) is 4.31 Å². The summed E-state index contributed by atoms with van der Waals surface area (Å²) in [6, 6.07) is 7.57. The Morgan fingerprint density at radius 1 is 1.14 bits per heavy atom. The third-order valence-electron chi connectivity index (χ3n) is 4.58. The minimum absolute atomic E-state index is 0.145. The van der Waals surface area contributed by atoms with Crippen LogP contribution >= 0.6 is 23.2 Å². The summed E-state index contributed by atoms with van der Waals surface area (Å²) in [4.78, 5) is 12.5. The van der Waals surface area contributed by atoms with E-state index < -0.39 is 27.8 Å². The highest BCUT2D eigenvalue weighted by Crippen LogP contribution is 2.26. The van der Waals surface area contributed by atoms with E-state index >= 15 is 0 Å². The predicted octanol–water partition coefficient (Wildman–Crippen LogP) is 3.64. The summed E-state index contributed by atoms with van der Waals surface area (Å²) in [5.74, 6) is -1.55. The van der Waals surface area contributed by atoms with Crippen molar-refractivity contribution in [3.63, 3.8) is 0 Å². The average Bonchev–Trinajstić information content (AvgIpc) is 2.70. The molecule has 2 aromatic carbocycles. The second kappa shape index (κ2) is 8.97. The van der Waals surface area contributed by atoms with Crippen molar-refractivity contribution in [1.82, 2.24) is 9.62 Å². The van der Waals surface area contributed by atoms with E-state index in [9.17, 15) is 17.6 Å². The number of rotatable bonds is 5. The molecule has 6 nitrogen and oxygen atoms in total. The zero-order valence-electron chi connectivity index (χ0n) is 15.5. The molecule has 156 valence electrons. The molecule has 0 saturated carbocycles. The number of carbonyl (C=O) groups excluding carboxylic acids is 1. The molecule has 1 aliphatic rings. The van der Waals surface area contributed by atoms with Crippen LogP contribution in [0.25, 0.3) is 0 Å². The number of carbonyl (C=O) groups is 1. The number of sulfonamides is 1. The maximum Gasteiger partial charge on any atom is 0.254 e. The van der Waals surface area contributed by atoms with E-state index in [1.807, 2.05) is 0 Å². The maximum absolute atomic E-state index is 14.3. The standard InChI is InChI=1S/C19H19Cl2FN2O4S/c1-12(13-2-4-16(20)17(21)10-13)23-19(25)15-11-14(3-5-18(15)22)29(26,27)24-6-8-28-9-7-24/h2-5,10-12H,6-9H2,1H3,(H,23,25). The molecule has 29 heavy (non-hydrogen) atoms. The quantitative estimate of drug-likeness (QED) is 0.738. The Hall–Kier alpha value is -1.71. The third kappa shape index (κ3) is 4.90. The fourth-order valence-corrected chi connectivity index (χ4v) is 4.66. The summed E-state index contributed by atoms with van der Waals surface area (Å²) < 4.78 is 46.3. The number of hydrogen-bond acceptors (Lipinski definition) is 4. The Morgan fingerprint density at radius 2 is 1.83 bits per heavy atom. The van der Waals surface area contributed by atoms with Crippen LogP contribution in [0.2, 0.25) is 10.0 Å². The molecule has 1 atom stereocenters. The van der Waals surface area contributed by atoms with Gasteiger partial charge in [0.25, 0.3) is 5.91 Å². The molecule has 1 fully saturated rings.